The molecule has 0 radical (unpaired) electrons. The molecule has 1 N–H and O–H groups in total. The zero-order valence-corrected chi connectivity index (χ0v) is 13.2. The molecule has 1 saturated carbocycles. The Bertz CT molecular complexity index is 379. The van der Waals surface area contributed by atoms with E-state index < -0.39 is 0 Å². The highest BCUT2D eigenvalue weighted by Gasteiger charge is 2.31. The zero-order chi connectivity index (χ0) is 14.4. The van der Waals surface area contributed by atoms with Crippen molar-refractivity contribution in [2.75, 3.05) is 13.1 Å². The number of rotatable bonds is 6. The number of hydrogen-bond acceptors (Lipinski definition) is 3. The molecule has 1 aliphatic rings. The Hall–Kier alpha value is -0.930. The van der Waals surface area contributed by atoms with Crippen molar-refractivity contribution in [1.82, 2.24) is 15.2 Å². The van der Waals surface area contributed by atoms with E-state index >= 15 is 0 Å². The number of likely N-dealkylation sites (N-methyl/N-ethyl adjacent to an activating group) is 2. The third-order valence-electron chi connectivity index (χ3n) is 4.51. The standard InChI is InChI=1S/C17H29N3/c1-4-18-16-10-9-14(3)12-17(16)20(5-2)13-15-8-6-7-11-19-15/h6-8,11,14,16-18H,4-5,9-10,12-13H2,1-3H3. The lowest BCUT2D eigenvalue weighted by Crippen LogP contribution is -2.52. The first kappa shape index (κ1) is 15.5. The average Bonchev–Trinajstić information content (AvgIpc) is 2.48. The van der Waals surface area contributed by atoms with Crippen LogP contribution in [0.15, 0.2) is 24.4 Å². The van der Waals surface area contributed by atoms with Crippen LogP contribution in [0, 0.1) is 5.92 Å². The van der Waals surface area contributed by atoms with Gasteiger partial charge in [-0.3, -0.25) is 9.88 Å². The molecule has 3 atom stereocenters. The highest BCUT2D eigenvalue weighted by atomic mass is 15.2. The van der Waals surface area contributed by atoms with Gasteiger partial charge in [-0.05, 0) is 50.4 Å². The van der Waals surface area contributed by atoms with Crippen molar-refractivity contribution in [1.29, 1.82) is 0 Å². The van der Waals surface area contributed by atoms with Crippen molar-refractivity contribution < 1.29 is 0 Å². The molecule has 1 heterocycles. The fraction of sp³-hybridized carbons (Fsp3) is 0.706. The molecule has 3 nitrogen and oxygen atoms in total. The van der Waals surface area contributed by atoms with Gasteiger partial charge in [-0.1, -0.05) is 26.8 Å². The van der Waals surface area contributed by atoms with Crippen molar-refractivity contribution >= 4 is 0 Å². The third kappa shape index (κ3) is 4.03. The van der Waals surface area contributed by atoms with Crippen LogP contribution in [0.25, 0.3) is 0 Å². The predicted molar refractivity (Wildman–Crippen MR) is 84.6 cm³/mol. The minimum absolute atomic E-state index is 0.639. The molecule has 0 saturated heterocycles. The van der Waals surface area contributed by atoms with E-state index in [-0.39, 0.29) is 0 Å². The molecule has 0 amide bonds. The maximum atomic E-state index is 4.49. The molecule has 3 heteroatoms. The first-order valence-electron chi connectivity index (χ1n) is 8.11. The SMILES string of the molecule is CCNC1CCC(C)CC1N(CC)Cc1ccccn1. The van der Waals surface area contributed by atoms with Gasteiger partial charge in [-0.25, -0.2) is 0 Å². The monoisotopic (exact) mass is 275 g/mol. The summed E-state index contributed by atoms with van der Waals surface area (Å²) in [6.45, 7) is 10.0. The molecule has 1 aromatic heterocycles. The Balaban J connectivity index is 2.06. The fourth-order valence-corrected chi connectivity index (χ4v) is 3.42. The van der Waals surface area contributed by atoms with E-state index in [1.165, 1.54) is 25.0 Å². The summed E-state index contributed by atoms with van der Waals surface area (Å²) in [4.78, 5) is 7.09. The molecule has 3 unspecified atom stereocenters. The van der Waals surface area contributed by atoms with Crippen molar-refractivity contribution in [3.63, 3.8) is 0 Å². The smallest absolute Gasteiger partial charge is 0.0544 e. The lowest BCUT2D eigenvalue weighted by Gasteiger charge is -2.42. The van der Waals surface area contributed by atoms with Gasteiger partial charge in [0, 0.05) is 24.8 Å². The number of hydrogen-bond donors (Lipinski definition) is 1. The summed E-state index contributed by atoms with van der Waals surface area (Å²) in [5.74, 6) is 0.840. The van der Waals surface area contributed by atoms with E-state index in [0.717, 1.165) is 25.6 Å². The lowest BCUT2D eigenvalue weighted by molar-refractivity contribution is 0.0989. The second-order valence-corrected chi connectivity index (χ2v) is 6.03. The molecule has 1 aliphatic carbocycles. The lowest BCUT2D eigenvalue weighted by atomic mass is 9.82. The quantitative estimate of drug-likeness (QED) is 0.865. The molecule has 2 rings (SSSR count). The van der Waals surface area contributed by atoms with Crippen LogP contribution >= 0.6 is 0 Å². The summed E-state index contributed by atoms with van der Waals surface area (Å²) in [6, 6.07) is 7.49. The maximum absolute atomic E-state index is 4.49. The molecular formula is C17H29N3. The zero-order valence-electron chi connectivity index (χ0n) is 13.2. The maximum Gasteiger partial charge on any atom is 0.0544 e. The average molecular weight is 275 g/mol. The number of nitrogens with zero attached hydrogens (tertiary/aromatic N) is 2. The van der Waals surface area contributed by atoms with Gasteiger partial charge < -0.3 is 5.32 Å². The second kappa shape index (κ2) is 7.75. The van der Waals surface area contributed by atoms with Crippen LogP contribution < -0.4 is 5.32 Å². The minimum atomic E-state index is 0.639. The number of aromatic nitrogens is 1. The Morgan fingerprint density at radius 1 is 1.30 bits per heavy atom. The van der Waals surface area contributed by atoms with E-state index in [9.17, 15) is 0 Å². The minimum Gasteiger partial charge on any atom is -0.313 e. The Morgan fingerprint density at radius 3 is 2.80 bits per heavy atom. The summed E-state index contributed by atoms with van der Waals surface area (Å²) in [5, 5.41) is 3.69. The third-order valence-corrected chi connectivity index (χ3v) is 4.51. The molecule has 0 aliphatic heterocycles. The van der Waals surface area contributed by atoms with Crippen LogP contribution in [-0.2, 0) is 6.54 Å². The summed E-state index contributed by atoms with van der Waals surface area (Å²) < 4.78 is 0. The van der Waals surface area contributed by atoms with Gasteiger partial charge in [0.15, 0.2) is 0 Å². The van der Waals surface area contributed by atoms with Gasteiger partial charge in [0.1, 0.15) is 0 Å². The van der Waals surface area contributed by atoms with E-state index in [2.05, 4.69) is 48.1 Å². The van der Waals surface area contributed by atoms with Crippen LogP contribution in [0.2, 0.25) is 0 Å². The van der Waals surface area contributed by atoms with Gasteiger partial charge in [-0.2, -0.15) is 0 Å². The first-order chi connectivity index (χ1) is 9.74. The summed E-state index contributed by atoms with van der Waals surface area (Å²) >= 11 is 0. The van der Waals surface area contributed by atoms with Crippen LogP contribution in [-0.4, -0.2) is 35.1 Å². The highest BCUT2D eigenvalue weighted by Crippen LogP contribution is 2.28. The normalized spacial score (nSPS) is 26.9. The van der Waals surface area contributed by atoms with Gasteiger partial charge in [0.05, 0.1) is 5.69 Å². The summed E-state index contributed by atoms with van der Waals surface area (Å²) in [6.07, 6.45) is 5.86. The molecule has 0 spiro atoms. The van der Waals surface area contributed by atoms with Gasteiger partial charge in [-0.15, -0.1) is 0 Å². The fourth-order valence-electron chi connectivity index (χ4n) is 3.42. The van der Waals surface area contributed by atoms with Crippen molar-refractivity contribution in [3.05, 3.63) is 30.1 Å². The Morgan fingerprint density at radius 2 is 2.15 bits per heavy atom. The van der Waals surface area contributed by atoms with Crippen LogP contribution in [0.3, 0.4) is 0 Å². The van der Waals surface area contributed by atoms with Crippen molar-refractivity contribution in [3.8, 4) is 0 Å². The van der Waals surface area contributed by atoms with Crippen molar-refractivity contribution in [2.24, 2.45) is 5.92 Å². The van der Waals surface area contributed by atoms with Crippen molar-refractivity contribution in [2.45, 2.75) is 58.7 Å². The number of pyridine rings is 1. The number of nitrogens with one attached hydrogen (secondary N) is 1. The largest absolute Gasteiger partial charge is 0.313 e. The van der Waals surface area contributed by atoms with Crippen LogP contribution in [0.1, 0.15) is 45.7 Å². The van der Waals surface area contributed by atoms with E-state index in [1.54, 1.807) is 0 Å². The molecule has 1 aromatic rings. The molecule has 20 heavy (non-hydrogen) atoms. The Kier molecular flexibility index (Phi) is 5.99. The van der Waals surface area contributed by atoms with Gasteiger partial charge >= 0.3 is 0 Å². The molecule has 1 fully saturated rings. The summed E-state index contributed by atoms with van der Waals surface area (Å²) in [5.41, 5.74) is 1.18. The highest BCUT2D eigenvalue weighted by molar-refractivity contribution is 5.04. The van der Waals surface area contributed by atoms with Crippen LogP contribution in [0.5, 0.6) is 0 Å². The molecule has 0 bridgehead atoms. The molecule has 112 valence electrons. The van der Waals surface area contributed by atoms with E-state index in [1.807, 2.05) is 12.3 Å². The Labute approximate surface area is 123 Å². The van der Waals surface area contributed by atoms with E-state index in [0.29, 0.717) is 12.1 Å². The predicted octanol–water partition coefficient (Wildman–Crippen LogP) is 3.07. The van der Waals surface area contributed by atoms with Gasteiger partial charge in [0.2, 0.25) is 0 Å². The topological polar surface area (TPSA) is 28.2 Å². The van der Waals surface area contributed by atoms with E-state index in [4.69, 9.17) is 0 Å². The molecular weight excluding hydrogens is 246 g/mol. The first-order valence-corrected chi connectivity index (χ1v) is 8.11. The summed E-state index contributed by atoms with van der Waals surface area (Å²) in [7, 11) is 0. The second-order valence-electron chi connectivity index (χ2n) is 6.03. The van der Waals surface area contributed by atoms with Gasteiger partial charge in [0.25, 0.3) is 0 Å². The molecule has 0 aromatic carbocycles. The van der Waals surface area contributed by atoms with Crippen LogP contribution in [0.4, 0.5) is 0 Å².